The van der Waals surface area contributed by atoms with Crippen molar-refractivity contribution < 1.29 is 9.53 Å². The lowest BCUT2D eigenvalue weighted by atomic mass is 10.0. The molecule has 0 radical (unpaired) electrons. The van der Waals surface area contributed by atoms with Gasteiger partial charge >= 0.3 is 0 Å². The van der Waals surface area contributed by atoms with E-state index in [1.165, 1.54) is 0 Å². The van der Waals surface area contributed by atoms with Crippen LogP contribution in [0.3, 0.4) is 0 Å². The molecule has 1 amide bonds. The largest absolute Gasteiger partial charge is 0.493 e. The highest BCUT2D eigenvalue weighted by Crippen LogP contribution is 2.19. The Labute approximate surface area is 144 Å². The van der Waals surface area contributed by atoms with Crippen LogP contribution in [0.15, 0.2) is 42.5 Å². The molecule has 0 heterocycles. The van der Waals surface area contributed by atoms with Gasteiger partial charge in [0.25, 0.3) is 5.91 Å². The number of amides is 1. The molecule has 128 valence electrons. The summed E-state index contributed by atoms with van der Waals surface area (Å²) in [6.45, 7) is 8.79. The summed E-state index contributed by atoms with van der Waals surface area (Å²) in [5, 5.41) is 3.01. The SMILES string of the molecule is Cc1ccc(N)cc1C(=O)NC(C)c1ccc(OCC(C)C)cc1. The van der Waals surface area contributed by atoms with Crippen molar-refractivity contribution in [1.29, 1.82) is 0 Å². The lowest BCUT2D eigenvalue weighted by Crippen LogP contribution is -2.27. The van der Waals surface area contributed by atoms with Gasteiger partial charge in [0.15, 0.2) is 0 Å². The van der Waals surface area contributed by atoms with Crippen LogP contribution in [-0.4, -0.2) is 12.5 Å². The Morgan fingerprint density at radius 3 is 2.42 bits per heavy atom. The van der Waals surface area contributed by atoms with Crippen molar-refractivity contribution in [2.45, 2.75) is 33.7 Å². The summed E-state index contributed by atoms with van der Waals surface area (Å²) in [5.41, 5.74) is 8.92. The normalized spacial score (nSPS) is 12.0. The first-order chi connectivity index (χ1) is 11.4. The predicted molar refractivity (Wildman–Crippen MR) is 98.2 cm³/mol. The van der Waals surface area contributed by atoms with Crippen molar-refractivity contribution in [3.8, 4) is 5.75 Å². The van der Waals surface area contributed by atoms with E-state index in [-0.39, 0.29) is 11.9 Å². The van der Waals surface area contributed by atoms with Gasteiger partial charge in [-0.15, -0.1) is 0 Å². The zero-order valence-electron chi connectivity index (χ0n) is 14.8. The quantitative estimate of drug-likeness (QED) is 0.785. The van der Waals surface area contributed by atoms with Gasteiger partial charge in [-0.3, -0.25) is 4.79 Å². The molecule has 1 atom stereocenters. The Morgan fingerprint density at radius 1 is 1.12 bits per heavy atom. The number of ether oxygens (including phenoxy) is 1. The predicted octanol–water partition coefficient (Wildman–Crippen LogP) is 4.10. The maximum Gasteiger partial charge on any atom is 0.252 e. The standard InChI is InChI=1S/C20H26N2O2/c1-13(2)12-24-18-9-6-16(7-10-18)15(4)22-20(23)19-11-17(21)8-5-14(19)3/h5-11,13,15H,12,21H2,1-4H3,(H,22,23). The van der Waals surface area contributed by atoms with Crippen molar-refractivity contribution in [3.05, 3.63) is 59.2 Å². The smallest absolute Gasteiger partial charge is 0.252 e. The molecule has 0 aliphatic carbocycles. The van der Waals surface area contributed by atoms with Crippen molar-refractivity contribution in [3.63, 3.8) is 0 Å². The first-order valence-electron chi connectivity index (χ1n) is 8.26. The number of anilines is 1. The minimum atomic E-state index is -0.118. The number of rotatable bonds is 6. The van der Waals surface area contributed by atoms with Gasteiger partial charge in [-0.05, 0) is 55.2 Å². The molecule has 2 aromatic carbocycles. The van der Waals surface area contributed by atoms with Crippen LogP contribution in [0, 0.1) is 12.8 Å². The summed E-state index contributed by atoms with van der Waals surface area (Å²) in [5.74, 6) is 1.22. The molecule has 3 N–H and O–H groups in total. The molecule has 0 aromatic heterocycles. The Kier molecular flexibility index (Phi) is 5.85. The number of nitrogen functional groups attached to an aromatic ring is 1. The summed E-state index contributed by atoms with van der Waals surface area (Å²) >= 11 is 0. The molecule has 0 aliphatic heterocycles. The zero-order valence-corrected chi connectivity index (χ0v) is 14.8. The van der Waals surface area contributed by atoms with Gasteiger partial charge in [-0.2, -0.15) is 0 Å². The highest BCUT2D eigenvalue weighted by atomic mass is 16.5. The van der Waals surface area contributed by atoms with Crippen LogP contribution in [-0.2, 0) is 0 Å². The van der Waals surface area contributed by atoms with Crippen LogP contribution < -0.4 is 15.8 Å². The minimum Gasteiger partial charge on any atom is -0.493 e. The van der Waals surface area contributed by atoms with Crippen LogP contribution in [0.25, 0.3) is 0 Å². The fraction of sp³-hybridized carbons (Fsp3) is 0.350. The van der Waals surface area contributed by atoms with Gasteiger partial charge in [-0.25, -0.2) is 0 Å². The van der Waals surface area contributed by atoms with E-state index in [1.54, 1.807) is 12.1 Å². The summed E-state index contributed by atoms with van der Waals surface area (Å²) in [4.78, 5) is 12.5. The number of hydrogen-bond acceptors (Lipinski definition) is 3. The molecule has 0 saturated heterocycles. The average molecular weight is 326 g/mol. The first kappa shape index (κ1) is 17.9. The van der Waals surface area contributed by atoms with E-state index in [1.807, 2.05) is 44.2 Å². The average Bonchev–Trinajstić information content (AvgIpc) is 2.55. The van der Waals surface area contributed by atoms with Crippen molar-refractivity contribution >= 4 is 11.6 Å². The van der Waals surface area contributed by atoms with Gasteiger partial charge in [0, 0.05) is 11.3 Å². The minimum absolute atomic E-state index is 0.0996. The highest BCUT2D eigenvalue weighted by molar-refractivity contribution is 5.96. The Bertz CT molecular complexity index is 693. The number of hydrogen-bond donors (Lipinski definition) is 2. The van der Waals surface area contributed by atoms with E-state index >= 15 is 0 Å². The molecular formula is C20H26N2O2. The van der Waals surface area contributed by atoms with Crippen molar-refractivity contribution in [1.82, 2.24) is 5.32 Å². The first-order valence-corrected chi connectivity index (χ1v) is 8.26. The topological polar surface area (TPSA) is 64.4 Å². The van der Waals surface area contributed by atoms with Crippen LogP contribution in [0.1, 0.15) is 48.3 Å². The molecule has 0 bridgehead atoms. The van der Waals surface area contributed by atoms with Gasteiger partial charge in [0.1, 0.15) is 5.75 Å². The Morgan fingerprint density at radius 2 is 1.79 bits per heavy atom. The van der Waals surface area contributed by atoms with E-state index < -0.39 is 0 Å². The molecular weight excluding hydrogens is 300 g/mol. The number of aryl methyl sites for hydroxylation is 1. The second-order valence-electron chi connectivity index (χ2n) is 6.54. The van der Waals surface area contributed by atoms with E-state index in [9.17, 15) is 4.79 Å². The molecule has 0 saturated carbocycles. The molecule has 0 spiro atoms. The summed E-state index contributed by atoms with van der Waals surface area (Å²) in [6, 6.07) is 13.1. The monoisotopic (exact) mass is 326 g/mol. The van der Waals surface area contributed by atoms with Gasteiger partial charge in [0.2, 0.25) is 0 Å². The number of carbonyl (C=O) groups excluding carboxylic acids is 1. The van der Waals surface area contributed by atoms with Crippen LogP contribution in [0.2, 0.25) is 0 Å². The number of benzene rings is 2. The molecule has 1 unspecified atom stereocenters. The molecule has 24 heavy (non-hydrogen) atoms. The summed E-state index contributed by atoms with van der Waals surface area (Å²) in [6.07, 6.45) is 0. The lowest BCUT2D eigenvalue weighted by Gasteiger charge is -2.16. The van der Waals surface area contributed by atoms with Crippen molar-refractivity contribution in [2.24, 2.45) is 5.92 Å². The van der Waals surface area contributed by atoms with E-state index in [2.05, 4.69) is 19.2 Å². The van der Waals surface area contributed by atoms with Crippen LogP contribution in [0.5, 0.6) is 5.75 Å². The molecule has 0 aliphatic rings. The maximum atomic E-state index is 12.5. The van der Waals surface area contributed by atoms with E-state index in [0.717, 1.165) is 16.9 Å². The zero-order chi connectivity index (χ0) is 17.7. The second-order valence-corrected chi connectivity index (χ2v) is 6.54. The third-order valence-corrected chi connectivity index (χ3v) is 3.82. The number of nitrogens with one attached hydrogen (secondary N) is 1. The third kappa shape index (κ3) is 4.75. The molecule has 4 heteroatoms. The Hall–Kier alpha value is -2.49. The number of carbonyl (C=O) groups is 1. The molecule has 2 rings (SSSR count). The van der Waals surface area contributed by atoms with E-state index in [0.29, 0.717) is 23.8 Å². The molecule has 4 nitrogen and oxygen atoms in total. The van der Waals surface area contributed by atoms with Gasteiger partial charge in [-0.1, -0.05) is 32.0 Å². The van der Waals surface area contributed by atoms with Crippen LogP contribution in [0.4, 0.5) is 5.69 Å². The summed E-state index contributed by atoms with van der Waals surface area (Å²) in [7, 11) is 0. The summed E-state index contributed by atoms with van der Waals surface area (Å²) < 4.78 is 5.68. The highest BCUT2D eigenvalue weighted by Gasteiger charge is 2.14. The second kappa shape index (κ2) is 7.86. The fourth-order valence-electron chi connectivity index (χ4n) is 2.36. The maximum absolute atomic E-state index is 12.5. The van der Waals surface area contributed by atoms with Gasteiger partial charge < -0.3 is 15.8 Å². The molecule has 0 fully saturated rings. The van der Waals surface area contributed by atoms with Gasteiger partial charge in [0.05, 0.1) is 12.6 Å². The Balaban J connectivity index is 2.02. The number of nitrogens with two attached hydrogens (primary N) is 1. The van der Waals surface area contributed by atoms with Crippen molar-refractivity contribution in [2.75, 3.05) is 12.3 Å². The lowest BCUT2D eigenvalue weighted by molar-refractivity contribution is 0.0939. The fourth-order valence-corrected chi connectivity index (χ4v) is 2.36. The van der Waals surface area contributed by atoms with E-state index in [4.69, 9.17) is 10.5 Å². The molecule has 2 aromatic rings. The third-order valence-electron chi connectivity index (χ3n) is 3.82. The van der Waals surface area contributed by atoms with Crippen LogP contribution >= 0.6 is 0 Å².